The molecule has 0 aliphatic carbocycles. The third-order valence-corrected chi connectivity index (χ3v) is 4.09. The standard InChI is InChI=1S/C9H13N3.C8H18N4/c1-12-6-7-2-4-8(5-3-7)9(10)11;1-11-6-7-2-4-12(5-3-7)8(9)10/h2-5,12H,6H2,1H3,(H3,10,11);7,11H,2-6H2,1H3,(H3,9,10). The lowest BCUT2D eigenvalue weighted by molar-refractivity contribution is 0.260. The number of hydrogen-bond donors (Lipinski definition) is 6. The van der Waals surface area contributed by atoms with Gasteiger partial charge in [0, 0.05) is 25.2 Å². The second-order valence-electron chi connectivity index (χ2n) is 6.01. The molecule has 1 saturated heterocycles. The van der Waals surface area contributed by atoms with Crippen molar-refractivity contribution >= 4 is 11.8 Å². The van der Waals surface area contributed by atoms with Crippen LogP contribution in [0.15, 0.2) is 24.3 Å². The molecule has 24 heavy (non-hydrogen) atoms. The Morgan fingerprint density at radius 1 is 1.08 bits per heavy atom. The third kappa shape index (κ3) is 6.97. The molecule has 0 radical (unpaired) electrons. The Morgan fingerprint density at radius 2 is 1.67 bits per heavy atom. The van der Waals surface area contributed by atoms with Gasteiger partial charge in [0.25, 0.3) is 0 Å². The van der Waals surface area contributed by atoms with Crippen LogP contribution in [0.5, 0.6) is 0 Å². The highest BCUT2D eigenvalue weighted by Gasteiger charge is 2.18. The van der Waals surface area contributed by atoms with E-state index in [2.05, 4.69) is 10.6 Å². The van der Waals surface area contributed by atoms with Crippen molar-refractivity contribution < 1.29 is 0 Å². The molecule has 1 aromatic carbocycles. The predicted molar refractivity (Wildman–Crippen MR) is 100 cm³/mol. The van der Waals surface area contributed by atoms with Gasteiger partial charge in [0.2, 0.25) is 0 Å². The number of rotatable bonds is 5. The first-order chi connectivity index (χ1) is 11.5. The summed E-state index contributed by atoms with van der Waals surface area (Å²) in [6.07, 6.45) is 2.31. The summed E-state index contributed by atoms with van der Waals surface area (Å²) in [6, 6.07) is 7.64. The normalized spacial score (nSPS) is 14.7. The van der Waals surface area contributed by atoms with Crippen molar-refractivity contribution in [3.8, 4) is 0 Å². The molecule has 0 spiro atoms. The van der Waals surface area contributed by atoms with Crippen molar-refractivity contribution in [1.82, 2.24) is 15.5 Å². The summed E-state index contributed by atoms with van der Waals surface area (Å²) in [5, 5.41) is 20.6. The van der Waals surface area contributed by atoms with Crippen molar-refractivity contribution in [3.63, 3.8) is 0 Å². The highest BCUT2D eigenvalue weighted by Crippen LogP contribution is 2.15. The number of piperidine rings is 1. The molecule has 134 valence electrons. The van der Waals surface area contributed by atoms with Gasteiger partial charge in [-0.25, -0.2) is 0 Å². The Morgan fingerprint density at radius 3 is 2.08 bits per heavy atom. The Kier molecular flexibility index (Phi) is 8.81. The lowest BCUT2D eigenvalue weighted by Gasteiger charge is -2.31. The number of likely N-dealkylation sites (tertiary alicyclic amines) is 1. The van der Waals surface area contributed by atoms with Crippen LogP contribution in [0.25, 0.3) is 0 Å². The second-order valence-corrected chi connectivity index (χ2v) is 6.01. The number of amidine groups is 1. The van der Waals surface area contributed by atoms with Gasteiger partial charge in [-0.3, -0.25) is 10.8 Å². The topological polar surface area (TPSA) is 127 Å². The quantitative estimate of drug-likeness (QED) is 0.345. The smallest absolute Gasteiger partial charge is 0.188 e. The van der Waals surface area contributed by atoms with Crippen LogP contribution in [0.3, 0.4) is 0 Å². The van der Waals surface area contributed by atoms with Gasteiger partial charge in [-0.1, -0.05) is 24.3 Å². The van der Waals surface area contributed by atoms with Crippen LogP contribution in [-0.4, -0.2) is 50.4 Å². The molecular weight excluding hydrogens is 302 g/mol. The maximum atomic E-state index is 7.24. The van der Waals surface area contributed by atoms with Gasteiger partial charge in [-0.05, 0) is 45.0 Å². The van der Waals surface area contributed by atoms with E-state index in [4.69, 9.17) is 22.3 Å². The van der Waals surface area contributed by atoms with E-state index >= 15 is 0 Å². The molecule has 0 atom stereocenters. The fourth-order valence-electron chi connectivity index (χ4n) is 2.67. The van der Waals surface area contributed by atoms with E-state index in [1.54, 1.807) is 0 Å². The minimum absolute atomic E-state index is 0.117. The first kappa shape index (κ1) is 19.9. The highest BCUT2D eigenvalue weighted by atomic mass is 15.2. The van der Waals surface area contributed by atoms with Crippen LogP contribution in [0.1, 0.15) is 24.0 Å². The highest BCUT2D eigenvalue weighted by molar-refractivity contribution is 5.94. The molecule has 0 bridgehead atoms. The molecule has 0 saturated carbocycles. The van der Waals surface area contributed by atoms with Crippen LogP contribution in [-0.2, 0) is 6.54 Å². The summed E-state index contributed by atoms with van der Waals surface area (Å²) < 4.78 is 0. The van der Waals surface area contributed by atoms with E-state index in [0.29, 0.717) is 0 Å². The first-order valence-electron chi connectivity index (χ1n) is 8.29. The maximum absolute atomic E-state index is 7.24. The van der Waals surface area contributed by atoms with Crippen molar-refractivity contribution in [3.05, 3.63) is 35.4 Å². The maximum Gasteiger partial charge on any atom is 0.188 e. The van der Waals surface area contributed by atoms with Gasteiger partial charge >= 0.3 is 0 Å². The van der Waals surface area contributed by atoms with Crippen molar-refractivity contribution in [2.75, 3.05) is 33.7 Å². The number of nitrogens with two attached hydrogens (primary N) is 2. The second kappa shape index (κ2) is 10.6. The summed E-state index contributed by atoms with van der Waals surface area (Å²) in [5.74, 6) is 1.11. The molecule has 1 aromatic rings. The number of hydrogen-bond acceptors (Lipinski definition) is 4. The predicted octanol–water partition coefficient (Wildman–Crippen LogP) is 0.501. The molecule has 0 aromatic heterocycles. The molecule has 8 N–H and O–H groups in total. The van der Waals surface area contributed by atoms with Crippen LogP contribution < -0.4 is 22.1 Å². The van der Waals surface area contributed by atoms with E-state index in [9.17, 15) is 0 Å². The van der Waals surface area contributed by atoms with Gasteiger partial charge in [-0.15, -0.1) is 0 Å². The fourth-order valence-corrected chi connectivity index (χ4v) is 2.67. The largest absolute Gasteiger partial charge is 0.384 e. The number of nitrogens with one attached hydrogen (secondary N) is 4. The zero-order valence-corrected chi connectivity index (χ0v) is 14.7. The van der Waals surface area contributed by atoms with Gasteiger partial charge in [0.1, 0.15) is 5.84 Å². The fraction of sp³-hybridized carbons (Fsp3) is 0.529. The molecule has 1 aliphatic rings. The van der Waals surface area contributed by atoms with Gasteiger partial charge in [-0.2, -0.15) is 0 Å². The van der Waals surface area contributed by atoms with Gasteiger partial charge in [0.15, 0.2) is 5.96 Å². The summed E-state index contributed by atoms with van der Waals surface area (Å²) in [5.41, 5.74) is 12.7. The number of benzene rings is 1. The Balaban J connectivity index is 0.000000240. The number of guanidine groups is 1. The van der Waals surface area contributed by atoms with Crippen LogP contribution >= 0.6 is 0 Å². The van der Waals surface area contributed by atoms with Crippen LogP contribution in [0, 0.1) is 16.7 Å². The molecule has 2 rings (SSSR count). The average molecular weight is 333 g/mol. The van der Waals surface area contributed by atoms with Gasteiger partial charge < -0.3 is 27.0 Å². The molecule has 0 unspecified atom stereocenters. The molecule has 1 fully saturated rings. The van der Waals surface area contributed by atoms with E-state index in [1.807, 2.05) is 43.3 Å². The number of nitrogen functional groups attached to an aromatic ring is 1. The summed E-state index contributed by atoms with van der Waals surface area (Å²) in [4.78, 5) is 1.94. The summed E-state index contributed by atoms with van der Waals surface area (Å²) in [6.45, 7) is 3.83. The third-order valence-electron chi connectivity index (χ3n) is 4.09. The zero-order valence-electron chi connectivity index (χ0n) is 14.7. The Labute approximate surface area is 144 Å². The van der Waals surface area contributed by atoms with Gasteiger partial charge in [0.05, 0.1) is 0 Å². The molecular formula is C17H31N7. The lowest BCUT2D eigenvalue weighted by Crippen LogP contribution is -2.43. The Hall–Kier alpha value is -2.12. The van der Waals surface area contributed by atoms with Crippen LogP contribution in [0.2, 0.25) is 0 Å². The van der Waals surface area contributed by atoms with E-state index in [-0.39, 0.29) is 11.8 Å². The minimum atomic E-state index is 0.117. The molecule has 1 heterocycles. The van der Waals surface area contributed by atoms with E-state index < -0.39 is 0 Å². The minimum Gasteiger partial charge on any atom is -0.384 e. The van der Waals surface area contributed by atoms with E-state index in [1.165, 1.54) is 5.56 Å². The molecule has 0 amide bonds. The molecule has 7 heteroatoms. The average Bonchev–Trinajstić information content (AvgIpc) is 2.57. The Bertz CT molecular complexity index is 504. The van der Waals surface area contributed by atoms with Crippen molar-refractivity contribution in [2.45, 2.75) is 19.4 Å². The monoisotopic (exact) mass is 333 g/mol. The van der Waals surface area contributed by atoms with Crippen LogP contribution in [0.4, 0.5) is 0 Å². The molecule has 1 aliphatic heterocycles. The lowest BCUT2D eigenvalue weighted by atomic mass is 9.97. The van der Waals surface area contributed by atoms with E-state index in [0.717, 1.165) is 50.5 Å². The van der Waals surface area contributed by atoms with Crippen molar-refractivity contribution in [2.24, 2.45) is 17.4 Å². The number of nitrogens with zero attached hydrogens (tertiary/aromatic N) is 1. The molecule has 7 nitrogen and oxygen atoms in total. The summed E-state index contributed by atoms with van der Waals surface area (Å²) >= 11 is 0. The zero-order chi connectivity index (χ0) is 17.9. The van der Waals surface area contributed by atoms with Crippen molar-refractivity contribution in [1.29, 1.82) is 10.8 Å². The summed E-state index contributed by atoms with van der Waals surface area (Å²) in [7, 11) is 3.89. The SMILES string of the molecule is CNCC1CCN(C(=N)N)CC1.CNCc1ccc(C(=N)N)cc1. The first-order valence-corrected chi connectivity index (χ1v) is 8.29.